The number of fused-ring (bicyclic) bond motifs is 2. The van der Waals surface area contributed by atoms with Crippen molar-refractivity contribution in [2.24, 2.45) is 0 Å². The van der Waals surface area contributed by atoms with Crippen molar-refractivity contribution in [2.45, 2.75) is 44.7 Å². The molecule has 0 radical (unpaired) electrons. The summed E-state index contributed by atoms with van der Waals surface area (Å²) in [5, 5.41) is 8.85. The fourth-order valence-corrected chi connectivity index (χ4v) is 6.87. The van der Waals surface area contributed by atoms with Gasteiger partial charge in [0.15, 0.2) is 5.65 Å². The Morgan fingerprint density at radius 2 is 1.98 bits per heavy atom. The number of carbonyl (C=O) groups excluding carboxylic acids is 1. The van der Waals surface area contributed by atoms with E-state index in [2.05, 4.69) is 30.1 Å². The Hall–Kier alpha value is -3.32. The zero-order valence-corrected chi connectivity index (χ0v) is 23.8. The van der Waals surface area contributed by atoms with Crippen molar-refractivity contribution < 1.29 is 18.0 Å². The Morgan fingerprint density at radius 1 is 1.15 bits per heavy atom. The van der Waals surface area contributed by atoms with E-state index in [-0.39, 0.29) is 11.6 Å². The van der Waals surface area contributed by atoms with Crippen LogP contribution in [0, 0.1) is 0 Å². The smallest absolute Gasteiger partial charge is 0.322 e. The molecule has 8 nitrogen and oxygen atoms in total. The van der Waals surface area contributed by atoms with Crippen molar-refractivity contribution >= 4 is 28.6 Å². The number of nitrogens with one attached hydrogen (secondary N) is 1. The maximum atomic E-state index is 13.8. The maximum absolute atomic E-state index is 13.8. The van der Waals surface area contributed by atoms with Gasteiger partial charge in [-0.3, -0.25) is 14.6 Å². The SMILES string of the molecule is CN(C)C1CCN(Cc2cc(NC(=O)c3csc4c3CCN(Cc3cnc5ccnn5c3)C4)cc(C(F)(F)F)c2)C1. The number of aromatic nitrogens is 3. The van der Waals surface area contributed by atoms with Gasteiger partial charge < -0.3 is 10.2 Å². The molecule has 1 N–H and O–H groups in total. The van der Waals surface area contributed by atoms with E-state index in [1.54, 1.807) is 16.8 Å². The average molecular weight is 584 g/mol. The van der Waals surface area contributed by atoms with Gasteiger partial charge in [-0.15, -0.1) is 11.3 Å². The Balaban J connectivity index is 1.15. The van der Waals surface area contributed by atoms with Crippen molar-refractivity contribution in [3.63, 3.8) is 0 Å². The molecule has 2 aliphatic heterocycles. The van der Waals surface area contributed by atoms with Crippen molar-refractivity contribution in [1.82, 2.24) is 29.3 Å². The largest absolute Gasteiger partial charge is 0.416 e. The molecule has 5 heterocycles. The molecule has 4 aromatic rings. The molecular weight excluding hydrogens is 551 g/mol. The summed E-state index contributed by atoms with van der Waals surface area (Å²) in [6.45, 7) is 4.20. The molecule has 1 atom stereocenters. The molecule has 1 amide bonds. The predicted octanol–water partition coefficient (Wildman–Crippen LogP) is 4.76. The molecule has 1 unspecified atom stereocenters. The van der Waals surface area contributed by atoms with E-state index in [0.29, 0.717) is 43.2 Å². The molecule has 0 bridgehead atoms. The molecule has 41 heavy (non-hydrogen) atoms. The summed E-state index contributed by atoms with van der Waals surface area (Å²) in [5.74, 6) is -0.372. The van der Waals surface area contributed by atoms with Crippen LogP contribution in [0.25, 0.3) is 5.65 Å². The summed E-state index contributed by atoms with van der Waals surface area (Å²) in [5.41, 5.74) is 3.32. The van der Waals surface area contributed by atoms with Gasteiger partial charge in [-0.1, -0.05) is 0 Å². The lowest BCUT2D eigenvalue weighted by Crippen LogP contribution is -2.31. The lowest BCUT2D eigenvalue weighted by molar-refractivity contribution is -0.137. The van der Waals surface area contributed by atoms with Crippen LogP contribution >= 0.6 is 11.3 Å². The minimum atomic E-state index is -4.50. The third kappa shape index (κ3) is 6.15. The highest BCUT2D eigenvalue weighted by atomic mass is 32.1. The van der Waals surface area contributed by atoms with Gasteiger partial charge in [-0.25, -0.2) is 9.50 Å². The van der Waals surface area contributed by atoms with Gasteiger partial charge in [-0.05, 0) is 56.3 Å². The first-order chi connectivity index (χ1) is 19.6. The molecule has 3 aromatic heterocycles. The highest BCUT2D eigenvalue weighted by Gasteiger charge is 2.32. The molecule has 0 spiro atoms. The zero-order valence-electron chi connectivity index (χ0n) is 23.0. The number of nitrogens with zero attached hydrogens (tertiary/aromatic N) is 6. The summed E-state index contributed by atoms with van der Waals surface area (Å²) >= 11 is 1.52. The van der Waals surface area contributed by atoms with Crippen LogP contribution in [0.4, 0.5) is 18.9 Å². The Labute approximate surface area is 240 Å². The van der Waals surface area contributed by atoms with Gasteiger partial charge in [0.2, 0.25) is 0 Å². The van der Waals surface area contributed by atoms with Gasteiger partial charge >= 0.3 is 6.18 Å². The maximum Gasteiger partial charge on any atom is 0.416 e. The van der Waals surface area contributed by atoms with Crippen LogP contribution in [0.15, 0.2) is 48.2 Å². The second-order valence-electron chi connectivity index (χ2n) is 11.1. The third-order valence-electron chi connectivity index (χ3n) is 7.94. The van der Waals surface area contributed by atoms with Crippen molar-refractivity contribution in [2.75, 3.05) is 39.0 Å². The second kappa shape index (κ2) is 11.2. The molecule has 6 rings (SSSR count). The first-order valence-electron chi connectivity index (χ1n) is 13.6. The number of amides is 1. The predicted molar refractivity (Wildman–Crippen MR) is 152 cm³/mol. The van der Waals surface area contributed by atoms with E-state index < -0.39 is 11.7 Å². The fraction of sp³-hybridized carbons (Fsp3) is 0.414. The molecule has 2 aliphatic rings. The molecular formula is C29H32F3N7OS. The average Bonchev–Trinajstić information content (AvgIpc) is 3.67. The number of rotatable bonds is 7. The van der Waals surface area contributed by atoms with E-state index in [9.17, 15) is 18.0 Å². The van der Waals surface area contributed by atoms with E-state index in [1.807, 2.05) is 37.9 Å². The Kier molecular flexibility index (Phi) is 7.58. The number of hydrogen-bond donors (Lipinski definition) is 1. The Bertz CT molecular complexity index is 1560. The van der Waals surface area contributed by atoms with Crippen molar-refractivity contribution in [3.05, 3.63) is 80.9 Å². The van der Waals surface area contributed by atoms with Gasteiger partial charge in [0.25, 0.3) is 5.91 Å². The van der Waals surface area contributed by atoms with Gasteiger partial charge in [-0.2, -0.15) is 18.3 Å². The standard InChI is InChI=1S/C29H32F3N7OS/c1-36(2)23-4-7-37(16-23)13-19-9-21(29(30,31)32)11-22(10-19)35-28(40)25-18-41-26-17-38(8-5-24(25)26)14-20-12-33-27-3-6-34-39(27)15-20/h3,6,9-12,15,18,23H,4-5,7-8,13-14,16-17H2,1-2H3,(H,35,40). The second-order valence-corrected chi connectivity index (χ2v) is 12.1. The van der Waals surface area contributed by atoms with Crippen LogP contribution in [0.5, 0.6) is 0 Å². The molecule has 1 fully saturated rings. The van der Waals surface area contributed by atoms with Gasteiger partial charge in [0.1, 0.15) is 0 Å². The van der Waals surface area contributed by atoms with Crippen LogP contribution in [0.2, 0.25) is 0 Å². The number of carbonyl (C=O) groups is 1. The first kappa shape index (κ1) is 27.8. The molecule has 0 saturated carbocycles. The number of likely N-dealkylation sites (tertiary alicyclic amines) is 1. The molecule has 1 aromatic carbocycles. The van der Waals surface area contributed by atoms with Gasteiger partial charge in [0, 0.05) is 85.3 Å². The normalized spacial score (nSPS) is 18.3. The number of hydrogen-bond acceptors (Lipinski definition) is 7. The summed E-state index contributed by atoms with van der Waals surface area (Å²) < 4.78 is 43.1. The van der Waals surface area contributed by atoms with Crippen molar-refractivity contribution in [1.29, 1.82) is 0 Å². The summed E-state index contributed by atoms with van der Waals surface area (Å²) in [4.78, 5) is 25.5. The Morgan fingerprint density at radius 3 is 2.76 bits per heavy atom. The quantitative estimate of drug-likeness (QED) is 0.339. The number of benzene rings is 1. The van der Waals surface area contributed by atoms with Crippen LogP contribution < -0.4 is 5.32 Å². The number of likely N-dealkylation sites (N-methyl/N-ethyl adjacent to an activating group) is 1. The summed E-state index contributed by atoms with van der Waals surface area (Å²) in [6, 6.07) is 6.13. The van der Waals surface area contributed by atoms with E-state index in [1.165, 1.54) is 17.4 Å². The zero-order chi connectivity index (χ0) is 28.7. The molecule has 1 saturated heterocycles. The molecule has 0 aliphatic carbocycles. The highest BCUT2D eigenvalue weighted by Crippen LogP contribution is 2.34. The number of anilines is 1. The minimum absolute atomic E-state index is 0.169. The number of thiophene rings is 1. The minimum Gasteiger partial charge on any atom is -0.322 e. The lowest BCUT2D eigenvalue weighted by Gasteiger charge is -2.27. The molecule has 216 valence electrons. The van der Waals surface area contributed by atoms with Gasteiger partial charge in [0.05, 0.1) is 17.3 Å². The number of halogens is 3. The van der Waals surface area contributed by atoms with E-state index >= 15 is 0 Å². The first-order valence-corrected chi connectivity index (χ1v) is 14.5. The summed E-state index contributed by atoms with van der Waals surface area (Å²) in [6.07, 6.45) is 2.70. The lowest BCUT2D eigenvalue weighted by atomic mass is 10.0. The molecule has 12 heteroatoms. The monoisotopic (exact) mass is 583 g/mol. The topological polar surface area (TPSA) is 69.0 Å². The van der Waals surface area contributed by atoms with Crippen LogP contribution in [-0.4, -0.2) is 75.0 Å². The van der Waals surface area contributed by atoms with Crippen molar-refractivity contribution in [3.8, 4) is 0 Å². The van der Waals surface area contributed by atoms with Crippen LogP contribution in [0.1, 0.15) is 43.9 Å². The van der Waals surface area contributed by atoms with Crippen LogP contribution in [0.3, 0.4) is 0 Å². The third-order valence-corrected chi connectivity index (χ3v) is 8.95. The summed E-state index contributed by atoms with van der Waals surface area (Å²) in [7, 11) is 4.04. The van der Waals surface area contributed by atoms with E-state index in [4.69, 9.17) is 0 Å². The highest BCUT2D eigenvalue weighted by molar-refractivity contribution is 7.10. The van der Waals surface area contributed by atoms with Crippen LogP contribution in [-0.2, 0) is 32.2 Å². The number of alkyl halides is 3. The fourth-order valence-electron chi connectivity index (χ4n) is 5.75. The van der Waals surface area contributed by atoms with E-state index in [0.717, 1.165) is 53.8 Å².